The minimum atomic E-state index is -0.418. The van der Waals surface area contributed by atoms with E-state index in [2.05, 4.69) is 10.4 Å². The van der Waals surface area contributed by atoms with E-state index in [9.17, 15) is 9.59 Å². The lowest BCUT2D eigenvalue weighted by Crippen LogP contribution is -2.35. The maximum atomic E-state index is 13.3. The second kappa shape index (κ2) is 8.83. The van der Waals surface area contributed by atoms with Gasteiger partial charge in [-0.3, -0.25) is 9.59 Å². The summed E-state index contributed by atoms with van der Waals surface area (Å²) in [5.41, 5.74) is 3.24. The Bertz CT molecular complexity index is 1310. The van der Waals surface area contributed by atoms with Crippen LogP contribution in [0, 0.1) is 13.8 Å². The van der Waals surface area contributed by atoms with Crippen LogP contribution in [0.15, 0.2) is 71.7 Å². The van der Waals surface area contributed by atoms with E-state index >= 15 is 0 Å². The smallest absolute Gasteiger partial charge is 0.281 e. The number of aryl methyl sites for hydroxylation is 2. The molecule has 6 nitrogen and oxygen atoms in total. The quantitative estimate of drug-likeness (QED) is 0.487. The van der Waals surface area contributed by atoms with Crippen molar-refractivity contribution in [2.45, 2.75) is 46.2 Å². The number of hydrogen-bond donors (Lipinski definition) is 1. The summed E-state index contributed by atoms with van der Waals surface area (Å²) in [5, 5.41) is 8.92. The SMILES string of the molecule is CC[C@H](C(=O)N[C@H](C)c1ccccc1)n1c(C)c2cnn(-c3ccccc3)c(=O)c2c1C. The van der Waals surface area contributed by atoms with E-state index in [0.717, 1.165) is 22.3 Å². The molecule has 2 atom stereocenters. The molecule has 0 aliphatic heterocycles. The van der Waals surface area contributed by atoms with Gasteiger partial charge in [0, 0.05) is 16.8 Å². The predicted molar refractivity (Wildman–Crippen MR) is 127 cm³/mol. The van der Waals surface area contributed by atoms with Crippen LogP contribution in [0.4, 0.5) is 0 Å². The van der Waals surface area contributed by atoms with Crippen LogP contribution in [-0.2, 0) is 4.79 Å². The number of carbonyl (C=O) groups excluding carboxylic acids is 1. The number of rotatable bonds is 6. The highest BCUT2D eigenvalue weighted by Gasteiger charge is 2.26. The Morgan fingerprint density at radius 1 is 1.00 bits per heavy atom. The Balaban J connectivity index is 1.75. The molecular formula is C26H28N4O2. The van der Waals surface area contributed by atoms with Crippen LogP contribution in [-0.4, -0.2) is 20.3 Å². The second-order valence-corrected chi connectivity index (χ2v) is 8.09. The Morgan fingerprint density at radius 3 is 2.25 bits per heavy atom. The molecule has 0 aliphatic carbocycles. The molecule has 4 aromatic rings. The van der Waals surface area contributed by atoms with Crippen LogP contribution in [0.2, 0.25) is 0 Å². The van der Waals surface area contributed by atoms with Crippen molar-refractivity contribution >= 4 is 16.7 Å². The van der Waals surface area contributed by atoms with E-state index in [-0.39, 0.29) is 17.5 Å². The number of nitrogens with one attached hydrogen (secondary N) is 1. The highest BCUT2D eigenvalue weighted by Crippen LogP contribution is 2.28. The lowest BCUT2D eigenvalue weighted by molar-refractivity contribution is -0.125. The standard InChI is InChI=1S/C26H28N4O2/c1-5-23(25(31)28-17(2)20-12-8-6-9-13-20)29-18(3)22-16-27-30(21-14-10-7-11-15-21)26(32)24(22)19(29)4/h6-17,23H,5H2,1-4H3,(H,28,31)/t17-,23-/m1/s1. The summed E-state index contributed by atoms with van der Waals surface area (Å²) in [6.45, 7) is 7.82. The van der Waals surface area contributed by atoms with E-state index in [0.29, 0.717) is 17.5 Å². The van der Waals surface area contributed by atoms with Crippen molar-refractivity contribution < 1.29 is 4.79 Å². The molecule has 32 heavy (non-hydrogen) atoms. The van der Waals surface area contributed by atoms with Crippen molar-refractivity contribution in [3.63, 3.8) is 0 Å². The zero-order chi connectivity index (χ0) is 22.8. The molecule has 2 aromatic heterocycles. The molecule has 4 rings (SSSR count). The van der Waals surface area contributed by atoms with Gasteiger partial charge < -0.3 is 9.88 Å². The fourth-order valence-electron chi connectivity index (χ4n) is 4.42. The summed E-state index contributed by atoms with van der Waals surface area (Å²) in [6, 6.07) is 18.7. The molecule has 0 unspecified atom stereocenters. The lowest BCUT2D eigenvalue weighted by atomic mass is 10.1. The number of carbonyl (C=O) groups is 1. The van der Waals surface area contributed by atoms with Gasteiger partial charge in [-0.1, -0.05) is 55.5 Å². The summed E-state index contributed by atoms with van der Waals surface area (Å²) >= 11 is 0. The Kier molecular flexibility index (Phi) is 5.95. The van der Waals surface area contributed by atoms with Crippen LogP contribution >= 0.6 is 0 Å². The molecule has 0 bridgehead atoms. The number of amides is 1. The Morgan fingerprint density at radius 2 is 1.62 bits per heavy atom. The van der Waals surface area contributed by atoms with Crippen molar-refractivity contribution in [2.24, 2.45) is 0 Å². The summed E-state index contributed by atoms with van der Waals surface area (Å²) in [7, 11) is 0. The van der Waals surface area contributed by atoms with Crippen molar-refractivity contribution in [1.29, 1.82) is 0 Å². The third-order valence-corrected chi connectivity index (χ3v) is 6.11. The maximum absolute atomic E-state index is 13.3. The molecule has 164 valence electrons. The van der Waals surface area contributed by atoms with Gasteiger partial charge >= 0.3 is 0 Å². The summed E-state index contributed by atoms with van der Waals surface area (Å²) in [6.07, 6.45) is 2.33. The number of aromatic nitrogens is 3. The predicted octanol–water partition coefficient (Wildman–Crippen LogP) is 4.63. The molecule has 6 heteroatoms. The number of para-hydroxylation sites is 1. The van der Waals surface area contributed by atoms with Crippen LogP contribution in [0.5, 0.6) is 0 Å². The Hall–Kier alpha value is -3.67. The monoisotopic (exact) mass is 428 g/mol. The zero-order valence-electron chi connectivity index (χ0n) is 18.9. The average molecular weight is 429 g/mol. The minimum absolute atomic E-state index is 0.0632. The molecule has 2 heterocycles. The molecule has 1 amide bonds. The fraction of sp³-hybridized carbons (Fsp3) is 0.269. The molecule has 0 saturated heterocycles. The van der Waals surface area contributed by atoms with Gasteiger partial charge in [0.2, 0.25) is 5.91 Å². The lowest BCUT2D eigenvalue weighted by Gasteiger charge is -2.23. The van der Waals surface area contributed by atoms with E-state index in [1.807, 2.05) is 92.9 Å². The van der Waals surface area contributed by atoms with Crippen molar-refractivity contribution in [1.82, 2.24) is 19.7 Å². The van der Waals surface area contributed by atoms with Crippen LogP contribution < -0.4 is 10.9 Å². The maximum Gasteiger partial charge on any atom is 0.281 e. The number of nitrogens with zero attached hydrogens (tertiary/aromatic N) is 3. The summed E-state index contributed by atoms with van der Waals surface area (Å²) < 4.78 is 3.40. The fourth-order valence-corrected chi connectivity index (χ4v) is 4.42. The molecule has 0 saturated carbocycles. The van der Waals surface area contributed by atoms with Gasteiger partial charge in [-0.05, 0) is 44.9 Å². The van der Waals surface area contributed by atoms with E-state index in [4.69, 9.17) is 0 Å². The van der Waals surface area contributed by atoms with Crippen LogP contribution in [0.1, 0.15) is 49.3 Å². The van der Waals surface area contributed by atoms with Crippen molar-refractivity contribution in [2.75, 3.05) is 0 Å². The van der Waals surface area contributed by atoms with Gasteiger partial charge in [0.25, 0.3) is 5.56 Å². The normalized spacial score (nSPS) is 13.1. The van der Waals surface area contributed by atoms with Gasteiger partial charge in [0.1, 0.15) is 6.04 Å². The first-order valence-corrected chi connectivity index (χ1v) is 10.9. The molecule has 2 aromatic carbocycles. The number of fused-ring (bicyclic) bond motifs is 1. The number of hydrogen-bond acceptors (Lipinski definition) is 3. The molecule has 1 N–H and O–H groups in total. The summed E-state index contributed by atoms with van der Waals surface area (Å²) in [4.78, 5) is 26.6. The van der Waals surface area contributed by atoms with E-state index < -0.39 is 6.04 Å². The van der Waals surface area contributed by atoms with Gasteiger partial charge in [-0.15, -0.1) is 0 Å². The van der Waals surface area contributed by atoms with E-state index in [1.54, 1.807) is 6.20 Å². The van der Waals surface area contributed by atoms with Crippen molar-refractivity contribution in [3.8, 4) is 5.69 Å². The third kappa shape index (κ3) is 3.73. The van der Waals surface area contributed by atoms with Crippen molar-refractivity contribution in [3.05, 3.63) is 94.2 Å². The van der Waals surface area contributed by atoms with Gasteiger partial charge in [-0.2, -0.15) is 9.78 Å². The molecule has 0 fully saturated rings. The largest absolute Gasteiger partial charge is 0.348 e. The molecular weight excluding hydrogens is 400 g/mol. The molecule has 0 spiro atoms. The minimum Gasteiger partial charge on any atom is -0.348 e. The number of benzene rings is 2. The average Bonchev–Trinajstić information content (AvgIpc) is 3.06. The van der Waals surface area contributed by atoms with Gasteiger partial charge in [0.15, 0.2) is 0 Å². The Labute approximate surface area is 187 Å². The van der Waals surface area contributed by atoms with Crippen LogP contribution in [0.25, 0.3) is 16.5 Å². The summed E-state index contributed by atoms with van der Waals surface area (Å²) in [5.74, 6) is -0.0632. The second-order valence-electron chi connectivity index (χ2n) is 8.09. The zero-order valence-corrected chi connectivity index (χ0v) is 18.9. The topological polar surface area (TPSA) is 68.9 Å². The highest BCUT2D eigenvalue weighted by atomic mass is 16.2. The van der Waals surface area contributed by atoms with Crippen LogP contribution in [0.3, 0.4) is 0 Å². The van der Waals surface area contributed by atoms with Gasteiger partial charge in [0.05, 0.1) is 23.3 Å². The molecule has 0 radical (unpaired) electrons. The molecule has 0 aliphatic rings. The third-order valence-electron chi connectivity index (χ3n) is 6.11. The first-order chi connectivity index (χ1) is 15.4. The van der Waals surface area contributed by atoms with Gasteiger partial charge in [-0.25, -0.2) is 0 Å². The van der Waals surface area contributed by atoms with E-state index in [1.165, 1.54) is 4.68 Å². The first kappa shape index (κ1) is 21.6. The first-order valence-electron chi connectivity index (χ1n) is 10.9. The highest BCUT2D eigenvalue weighted by molar-refractivity contribution is 5.89.